The molecule has 0 spiro atoms. The van der Waals surface area contributed by atoms with E-state index in [0.717, 1.165) is 32.1 Å². The highest BCUT2D eigenvalue weighted by molar-refractivity contribution is 5.76. The monoisotopic (exact) mass is 749 g/mol. The van der Waals surface area contributed by atoms with Gasteiger partial charge in [0.25, 0.3) is 0 Å². The third-order valence-electron chi connectivity index (χ3n) is 8.59. The Morgan fingerprint density at radius 1 is 0.722 bits per heavy atom. The average Bonchev–Trinajstić information content (AvgIpc) is 3.17. The van der Waals surface area contributed by atoms with Crippen molar-refractivity contribution < 1.29 is 62.1 Å². The van der Waals surface area contributed by atoms with Gasteiger partial charge in [0.1, 0.15) is 30.5 Å². The van der Waals surface area contributed by atoms with Gasteiger partial charge in [0.2, 0.25) is 6.29 Å². The number of methoxy groups -OCH3 is 1. The molecule has 2 heterocycles. The fraction of sp³-hybridized carbons (Fsp3) is 0.447. The van der Waals surface area contributed by atoms with Gasteiger partial charge in [-0.2, -0.15) is 0 Å². The molecule has 0 saturated carbocycles. The fourth-order valence-corrected chi connectivity index (χ4v) is 6.11. The van der Waals surface area contributed by atoms with Gasteiger partial charge in [-0.15, -0.1) is 0 Å². The number of carbonyl (C=O) groups is 3. The third-order valence-corrected chi connectivity index (χ3v) is 8.59. The van der Waals surface area contributed by atoms with Gasteiger partial charge in [-0.1, -0.05) is 96.1 Å². The van der Waals surface area contributed by atoms with E-state index in [1.807, 2.05) is 66.7 Å². The van der Waals surface area contributed by atoms with E-state index >= 15 is 0 Å². The minimum atomic E-state index is -1.66. The SMILES string of the molecule is COC(=O)C1O[C@H](OC(C)=O)C(OC(C)=O)[C@H](OCc2ccccc2)[C@@H]1O[C@H]1OC(COCc2ccccc2)[C@@H](O)[C@@H](OCc2ccccc2)C1N=[N+]=[N-]. The highest BCUT2D eigenvalue weighted by Crippen LogP contribution is 2.35. The summed E-state index contributed by atoms with van der Waals surface area (Å²) in [6.45, 7) is 2.23. The van der Waals surface area contributed by atoms with Crippen molar-refractivity contribution in [2.75, 3.05) is 13.7 Å². The number of aliphatic hydroxyl groups is 1. The summed E-state index contributed by atoms with van der Waals surface area (Å²) in [5.74, 6) is -2.53. The van der Waals surface area contributed by atoms with E-state index < -0.39 is 79.3 Å². The van der Waals surface area contributed by atoms with E-state index in [0.29, 0.717) is 5.56 Å². The Balaban J connectivity index is 1.51. The van der Waals surface area contributed by atoms with E-state index in [9.17, 15) is 25.0 Å². The number of ether oxygens (including phenoxy) is 9. The number of hydrogen-bond acceptors (Lipinski definition) is 14. The van der Waals surface area contributed by atoms with Crippen LogP contribution in [0.3, 0.4) is 0 Å². The Morgan fingerprint density at radius 2 is 1.26 bits per heavy atom. The van der Waals surface area contributed by atoms with Gasteiger partial charge < -0.3 is 47.7 Å². The summed E-state index contributed by atoms with van der Waals surface area (Å²) < 4.78 is 53.2. The summed E-state index contributed by atoms with van der Waals surface area (Å²) in [4.78, 5) is 41.0. The van der Waals surface area contributed by atoms with Crippen LogP contribution in [0.2, 0.25) is 0 Å². The molecule has 4 unspecified atom stereocenters. The summed E-state index contributed by atoms with van der Waals surface area (Å²) >= 11 is 0. The molecular weight excluding hydrogens is 706 g/mol. The average molecular weight is 750 g/mol. The van der Waals surface area contributed by atoms with Gasteiger partial charge in [-0.05, 0) is 22.2 Å². The first-order chi connectivity index (χ1) is 26.2. The molecule has 1 N–H and O–H groups in total. The van der Waals surface area contributed by atoms with E-state index in [2.05, 4.69) is 10.0 Å². The van der Waals surface area contributed by atoms with Crippen LogP contribution in [-0.2, 0) is 76.8 Å². The van der Waals surface area contributed by atoms with Gasteiger partial charge in [0, 0.05) is 18.8 Å². The molecule has 0 aliphatic carbocycles. The zero-order valence-electron chi connectivity index (χ0n) is 30.0. The van der Waals surface area contributed by atoms with E-state index in [1.165, 1.54) is 0 Å². The highest BCUT2D eigenvalue weighted by Gasteiger charge is 2.56. The molecule has 16 heteroatoms. The molecule has 2 fully saturated rings. The quantitative estimate of drug-likeness (QED) is 0.0727. The first kappa shape index (κ1) is 40.3. The first-order valence-corrected chi connectivity index (χ1v) is 17.2. The number of hydrogen-bond donors (Lipinski definition) is 1. The Hall–Kier alpha value is -4.90. The highest BCUT2D eigenvalue weighted by atomic mass is 16.8. The summed E-state index contributed by atoms with van der Waals surface area (Å²) in [5.41, 5.74) is 12.1. The molecule has 5 rings (SSSR count). The summed E-state index contributed by atoms with van der Waals surface area (Å²) in [6, 6.07) is 26.1. The van der Waals surface area contributed by atoms with Gasteiger partial charge in [0.05, 0.1) is 39.6 Å². The van der Waals surface area contributed by atoms with Crippen molar-refractivity contribution >= 4 is 17.9 Å². The van der Waals surface area contributed by atoms with E-state index in [4.69, 9.17) is 42.6 Å². The molecule has 2 aliphatic heterocycles. The van der Waals surface area contributed by atoms with Gasteiger partial charge in [-0.25, -0.2) is 4.79 Å². The van der Waals surface area contributed by atoms with Crippen molar-refractivity contribution in [3.05, 3.63) is 118 Å². The van der Waals surface area contributed by atoms with Crippen LogP contribution in [0.25, 0.3) is 10.4 Å². The molecular formula is C38H43N3O13. The second-order valence-corrected chi connectivity index (χ2v) is 12.5. The number of carbonyl (C=O) groups excluding carboxylic acids is 3. The number of azide groups is 1. The van der Waals surface area contributed by atoms with Gasteiger partial charge in [0.15, 0.2) is 18.5 Å². The Bertz CT molecular complexity index is 1700. The normalized spacial score (nSPS) is 27.9. The van der Waals surface area contributed by atoms with Crippen molar-refractivity contribution in [3.63, 3.8) is 0 Å². The maximum Gasteiger partial charge on any atom is 0.338 e. The van der Waals surface area contributed by atoms with E-state index in [-0.39, 0.29) is 26.4 Å². The lowest BCUT2D eigenvalue weighted by atomic mass is 9.95. The Labute approximate surface area is 311 Å². The molecule has 0 bridgehead atoms. The molecule has 0 amide bonds. The molecule has 2 saturated heterocycles. The topological polar surface area (TPSA) is 203 Å². The fourth-order valence-electron chi connectivity index (χ4n) is 6.11. The summed E-state index contributed by atoms with van der Waals surface area (Å²) in [6.07, 6.45) is -12.9. The molecule has 0 radical (unpaired) electrons. The number of benzene rings is 3. The van der Waals surface area contributed by atoms with Crippen LogP contribution >= 0.6 is 0 Å². The molecule has 16 nitrogen and oxygen atoms in total. The van der Waals surface area contributed by atoms with Crippen molar-refractivity contribution in [2.45, 2.75) is 95.0 Å². The summed E-state index contributed by atoms with van der Waals surface area (Å²) in [5, 5.41) is 15.5. The molecule has 288 valence electrons. The van der Waals surface area contributed by atoms with Crippen LogP contribution in [0.1, 0.15) is 30.5 Å². The lowest BCUT2D eigenvalue weighted by Gasteiger charge is -2.48. The van der Waals surface area contributed by atoms with Crippen LogP contribution < -0.4 is 0 Å². The third kappa shape index (κ3) is 10.8. The van der Waals surface area contributed by atoms with Crippen LogP contribution in [0.4, 0.5) is 0 Å². The second kappa shape index (κ2) is 20.0. The lowest BCUT2D eigenvalue weighted by molar-refractivity contribution is -0.343. The number of rotatable bonds is 16. The molecule has 3 aromatic rings. The second-order valence-electron chi connectivity index (χ2n) is 12.5. The molecule has 54 heavy (non-hydrogen) atoms. The maximum absolute atomic E-state index is 13.4. The van der Waals surface area contributed by atoms with Crippen molar-refractivity contribution in [1.29, 1.82) is 0 Å². The maximum atomic E-state index is 13.4. The standard InChI is InChI=1S/C38H43N3O13/c1-23(42)50-35-32(49-21-27-17-11-6-12-18-27)33(34(36(45)46-3)54-38(35)51-24(2)43)53-37-29(40-41-39)31(48-20-26-15-9-5-10-16-26)30(44)28(52-37)22-47-19-25-13-7-4-8-14-25/h4-18,28-35,37-38,44H,19-22H2,1-3H3/t28?,29?,30-,31+,32-,33+,34?,35?,37-,38+/m1/s1. The minimum Gasteiger partial charge on any atom is -0.467 e. The molecule has 3 aromatic carbocycles. The molecule has 10 atom stereocenters. The Morgan fingerprint density at radius 3 is 1.78 bits per heavy atom. The Kier molecular flexibility index (Phi) is 14.9. The first-order valence-electron chi connectivity index (χ1n) is 17.2. The smallest absolute Gasteiger partial charge is 0.338 e. The van der Waals surface area contributed by atoms with Crippen molar-refractivity contribution in [2.24, 2.45) is 5.11 Å². The lowest BCUT2D eigenvalue weighted by Crippen LogP contribution is -2.66. The number of esters is 3. The van der Waals surface area contributed by atoms with Crippen LogP contribution in [-0.4, -0.2) is 98.1 Å². The van der Waals surface area contributed by atoms with Crippen molar-refractivity contribution in [3.8, 4) is 0 Å². The van der Waals surface area contributed by atoms with Gasteiger partial charge in [-0.3, -0.25) is 9.59 Å². The molecule has 2 aliphatic rings. The minimum absolute atomic E-state index is 0.0169. The molecule has 0 aromatic heterocycles. The van der Waals surface area contributed by atoms with E-state index in [1.54, 1.807) is 24.3 Å². The van der Waals surface area contributed by atoms with Crippen LogP contribution in [0.5, 0.6) is 0 Å². The van der Waals surface area contributed by atoms with Crippen molar-refractivity contribution in [1.82, 2.24) is 0 Å². The van der Waals surface area contributed by atoms with Crippen LogP contribution in [0, 0.1) is 0 Å². The largest absolute Gasteiger partial charge is 0.467 e. The number of nitrogens with zero attached hydrogens (tertiary/aromatic N) is 3. The predicted octanol–water partition coefficient (Wildman–Crippen LogP) is 3.92. The van der Waals surface area contributed by atoms with Gasteiger partial charge >= 0.3 is 17.9 Å². The zero-order valence-corrected chi connectivity index (χ0v) is 30.0. The summed E-state index contributed by atoms with van der Waals surface area (Å²) in [7, 11) is 1.12. The zero-order chi connectivity index (χ0) is 38.5. The number of aliphatic hydroxyl groups excluding tert-OH is 1. The van der Waals surface area contributed by atoms with Crippen LogP contribution in [0.15, 0.2) is 96.1 Å². The predicted molar refractivity (Wildman–Crippen MR) is 187 cm³/mol.